The smallest absolute Gasteiger partial charge is 0.266 e. The molecule has 0 radical (unpaired) electrons. The predicted octanol–water partition coefficient (Wildman–Crippen LogP) is 2.98. The van der Waals surface area contributed by atoms with Crippen LogP contribution in [0.3, 0.4) is 0 Å². The highest BCUT2D eigenvalue weighted by Gasteiger charge is 2.33. The minimum Gasteiger partial charge on any atom is -0.497 e. The number of oxime groups is 1. The molecule has 2 aliphatic rings. The van der Waals surface area contributed by atoms with Crippen LogP contribution in [0, 0.1) is 0 Å². The van der Waals surface area contributed by atoms with Crippen molar-refractivity contribution in [3.05, 3.63) is 29.8 Å². The van der Waals surface area contributed by atoms with Crippen molar-refractivity contribution in [2.24, 2.45) is 5.16 Å². The third-order valence-corrected chi connectivity index (χ3v) is 4.84. The zero-order valence-corrected chi connectivity index (χ0v) is 13.8. The summed E-state index contributed by atoms with van der Waals surface area (Å²) in [4.78, 5) is 19.9. The van der Waals surface area contributed by atoms with E-state index in [1.165, 1.54) is 19.3 Å². The molecule has 3 rings (SSSR count). The van der Waals surface area contributed by atoms with Gasteiger partial charge in [0.15, 0.2) is 0 Å². The van der Waals surface area contributed by atoms with E-state index in [1.807, 2.05) is 36.2 Å². The molecule has 0 saturated heterocycles. The van der Waals surface area contributed by atoms with Gasteiger partial charge in [0.2, 0.25) is 6.10 Å². The molecule has 0 spiro atoms. The summed E-state index contributed by atoms with van der Waals surface area (Å²) in [5, 5.41) is 4.12. The monoisotopic (exact) mass is 316 g/mol. The topological polar surface area (TPSA) is 51.1 Å². The fourth-order valence-corrected chi connectivity index (χ4v) is 3.34. The van der Waals surface area contributed by atoms with Crippen LogP contribution in [0.2, 0.25) is 0 Å². The van der Waals surface area contributed by atoms with Crippen molar-refractivity contribution >= 4 is 11.6 Å². The summed E-state index contributed by atoms with van der Waals surface area (Å²) in [6.07, 6.45) is 5.94. The molecule has 0 bridgehead atoms. The first-order chi connectivity index (χ1) is 11.2. The van der Waals surface area contributed by atoms with Gasteiger partial charge >= 0.3 is 0 Å². The lowest BCUT2D eigenvalue weighted by Gasteiger charge is -2.32. The summed E-state index contributed by atoms with van der Waals surface area (Å²) in [5.41, 5.74) is 1.80. The third-order valence-electron chi connectivity index (χ3n) is 4.84. The van der Waals surface area contributed by atoms with Crippen LogP contribution in [0.1, 0.15) is 44.1 Å². The molecule has 0 N–H and O–H groups in total. The lowest BCUT2D eigenvalue weighted by Crippen LogP contribution is -2.43. The Balaban J connectivity index is 1.60. The highest BCUT2D eigenvalue weighted by Crippen LogP contribution is 2.25. The van der Waals surface area contributed by atoms with Crippen LogP contribution in [0.4, 0.5) is 0 Å². The van der Waals surface area contributed by atoms with Gasteiger partial charge in [-0.25, -0.2) is 0 Å². The SMILES string of the molecule is COc1ccc(C2=NO[C@H](C(=O)N(C)C3CCCCC3)C2)cc1. The van der Waals surface area contributed by atoms with Gasteiger partial charge in [0.25, 0.3) is 5.91 Å². The first kappa shape index (κ1) is 15.8. The molecule has 1 aliphatic carbocycles. The Labute approximate surface area is 137 Å². The number of likely N-dealkylation sites (N-methyl/N-ethyl adjacent to an activating group) is 1. The maximum Gasteiger partial charge on any atom is 0.266 e. The predicted molar refractivity (Wildman–Crippen MR) is 88.7 cm³/mol. The molecule has 124 valence electrons. The summed E-state index contributed by atoms with van der Waals surface area (Å²) in [5.74, 6) is 0.849. The quantitative estimate of drug-likeness (QED) is 0.858. The van der Waals surface area contributed by atoms with E-state index in [4.69, 9.17) is 9.57 Å². The molecule has 1 amide bonds. The second-order valence-electron chi connectivity index (χ2n) is 6.31. The van der Waals surface area contributed by atoms with E-state index in [-0.39, 0.29) is 5.91 Å². The van der Waals surface area contributed by atoms with E-state index in [0.717, 1.165) is 29.9 Å². The first-order valence-electron chi connectivity index (χ1n) is 8.33. The molecule has 0 unspecified atom stereocenters. The number of ether oxygens (including phenoxy) is 1. The Hall–Kier alpha value is -2.04. The minimum atomic E-state index is -0.487. The minimum absolute atomic E-state index is 0.0455. The molecular formula is C18H24N2O3. The zero-order valence-electron chi connectivity index (χ0n) is 13.8. The van der Waals surface area contributed by atoms with Crippen LogP contribution in [-0.2, 0) is 9.63 Å². The number of amides is 1. The van der Waals surface area contributed by atoms with Crippen molar-refractivity contribution in [2.75, 3.05) is 14.2 Å². The molecule has 1 fully saturated rings. The van der Waals surface area contributed by atoms with Crippen LogP contribution in [0.5, 0.6) is 5.75 Å². The molecule has 1 aromatic carbocycles. The molecule has 5 heteroatoms. The van der Waals surface area contributed by atoms with Crippen molar-refractivity contribution in [1.29, 1.82) is 0 Å². The lowest BCUT2D eigenvalue weighted by atomic mass is 9.94. The standard InChI is InChI=1S/C18H24N2O3/c1-20(14-6-4-3-5-7-14)18(21)17-12-16(19-23-17)13-8-10-15(22-2)11-9-13/h8-11,14,17H,3-7,12H2,1-2H3/t17-/m0/s1. The molecule has 1 heterocycles. The van der Waals surface area contributed by atoms with Crippen LogP contribution >= 0.6 is 0 Å². The van der Waals surface area contributed by atoms with Crippen LogP contribution < -0.4 is 4.74 Å². The number of hydrogen-bond donors (Lipinski definition) is 0. The maximum atomic E-state index is 12.6. The summed E-state index contributed by atoms with van der Waals surface area (Å²) >= 11 is 0. The Morgan fingerprint density at radius 2 is 1.91 bits per heavy atom. The molecule has 0 aromatic heterocycles. The number of methoxy groups -OCH3 is 1. The van der Waals surface area contributed by atoms with Gasteiger partial charge in [0.05, 0.1) is 12.8 Å². The second kappa shape index (κ2) is 7.02. The first-order valence-corrected chi connectivity index (χ1v) is 8.33. The van der Waals surface area contributed by atoms with Gasteiger partial charge in [0.1, 0.15) is 5.75 Å². The average molecular weight is 316 g/mol. The average Bonchev–Trinajstić information content (AvgIpc) is 3.11. The summed E-state index contributed by atoms with van der Waals surface area (Å²) in [6, 6.07) is 8.02. The maximum absolute atomic E-state index is 12.6. The van der Waals surface area contributed by atoms with Gasteiger partial charge in [-0.2, -0.15) is 0 Å². The van der Waals surface area contributed by atoms with E-state index in [9.17, 15) is 4.79 Å². The number of hydrogen-bond acceptors (Lipinski definition) is 4. The van der Waals surface area contributed by atoms with E-state index in [1.54, 1.807) is 7.11 Å². The lowest BCUT2D eigenvalue weighted by molar-refractivity contribution is -0.143. The van der Waals surface area contributed by atoms with Crippen molar-refractivity contribution in [1.82, 2.24) is 4.90 Å². The van der Waals surface area contributed by atoms with Gasteiger partial charge in [-0.3, -0.25) is 4.79 Å². The molecule has 5 nitrogen and oxygen atoms in total. The summed E-state index contributed by atoms with van der Waals surface area (Å²) < 4.78 is 5.16. The Morgan fingerprint density at radius 1 is 1.22 bits per heavy atom. The number of carbonyl (C=O) groups is 1. The van der Waals surface area contributed by atoms with Gasteiger partial charge in [0, 0.05) is 19.5 Å². The van der Waals surface area contributed by atoms with Crippen molar-refractivity contribution in [3.63, 3.8) is 0 Å². The van der Waals surface area contributed by atoms with Crippen molar-refractivity contribution in [2.45, 2.75) is 50.7 Å². The Kier molecular flexibility index (Phi) is 4.84. The highest BCUT2D eigenvalue weighted by molar-refractivity contribution is 6.04. The van der Waals surface area contributed by atoms with E-state index in [0.29, 0.717) is 12.5 Å². The van der Waals surface area contributed by atoms with Gasteiger partial charge in [-0.15, -0.1) is 0 Å². The number of rotatable bonds is 4. The summed E-state index contributed by atoms with van der Waals surface area (Å²) in [6.45, 7) is 0. The molecule has 1 aliphatic heterocycles. The number of nitrogens with zero attached hydrogens (tertiary/aromatic N) is 2. The summed E-state index contributed by atoms with van der Waals surface area (Å²) in [7, 11) is 3.54. The third kappa shape index (κ3) is 3.49. The van der Waals surface area contributed by atoms with E-state index >= 15 is 0 Å². The molecule has 23 heavy (non-hydrogen) atoms. The molecule has 1 aromatic rings. The fraction of sp³-hybridized carbons (Fsp3) is 0.556. The molecular weight excluding hydrogens is 292 g/mol. The van der Waals surface area contributed by atoms with Gasteiger partial charge in [-0.1, -0.05) is 24.4 Å². The molecule has 1 saturated carbocycles. The van der Waals surface area contributed by atoms with Crippen LogP contribution in [0.25, 0.3) is 0 Å². The zero-order chi connectivity index (χ0) is 16.2. The normalized spacial score (nSPS) is 21.5. The number of carbonyl (C=O) groups excluding carboxylic acids is 1. The van der Waals surface area contributed by atoms with Gasteiger partial charge in [-0.05, 0) is 42.7 Å². The number of benzene rings is 1. The van der Waals surface area contributed by atoms with Crippen LogP contribution in [0.15, 0.2) is 29.4 Å². The van der Waals surface area contributed by atoms with Crippen molar-refractivity contribution in [3.8, 4) is 5.75 Å². The van der Waals surface area contributed by atoms with E-state index < -0.39 is 6.10 Å². The largest absolute Gasteiger partial charge is 0.497 e. The van der Waals surface area contributed by atoms with Crippen LogP contribution in [-0.4, -0.2) is 42.8 Å². The Morgan fingerprint density at radius 3 is 2.57 bits per heavy atom. The fourth-order valence-electron chi connectivity index (χ4n) is 3.34. The highest BCUT2D eigenvalue weighted by atomic mass is 16.6. The second-order valence-corrected chi connectivity index (χ2v) is 6.31. The van der Waals surface area contributed by atoms with E-state index in [2.05, 4.69) is 5.16 Å². The van der Waals surface area contributed by atoms with Crippen molar-refractivity contribution < 1.29 is 14.4 Å². The molecule has 1 atom stereocenters. The Bertz CT molecular complexity index is 576. The van der Waals surface area contributed by atoms with Gasteiger partial charge < -0.3 is 14.5 Å².